The number of aromatic nitrogens is 4. The molecule has 0 aromatic carbocycles. The van der Waals surface area contributed by atoms with Gasteiger partial charge in [-0.05, 0) is 68.1 Å². The molecule has 4 unspecified atom stereocenters. The number of aliphatic hydroxyl groups is 1. The van der Waals surface area contributed by atoms with Gasteiger partial charge in [-0.25, -0.2) is 9.97 Å². The average Bonchev–Trinajstić information content (AvgIpc) is 3.21. The SMILES string of the molecule is CN=c1ncn(C)c2c1ncn2C/C=C(\C)CCC1(C)C(C)CCC2(O)C1CCCC2(C)C. The van der Waals surface area contributed by atoms with Gasteiger partial charge in [-0.15, -0.1) is 0 Å². The minimum atomic E-state index is -0.523. The van der Waals surface area contributed by atoms with Crippen molar-refractivity contribution in [3.63, 3.8) is 0 Å². The molecule has 2 aliphatic rings. The molecule has 0 amide bonds. The molecule has 0 saturated heterocycles. The lowest BCUT2D eigenvalue weighted by Crippen LogP contribution is -2.62. The van der Waals surface area contributed by atoms with E-state index < -0.39 is 5.60 Å². The van der Waals surface area contributed by atoms with Crippen molar-refractivity contribution in [3.8, 4) is 0 Å². The lowest BCUT2D eigenvalue weighted by Gasteiger charge is -2.62. The average molecular weight is 454 g/mol. The van der Waals surface area contributed by atoms with Crippen LogP contribution in [-0.4, -0.2) is 36.9 Å². The van der Waals surface area contributed by atoms with Crippen LogP contribution in [0.25, 0.3) is 11.2 Å². The van der Waals surface area contributed by atoms with Crippen LogP contribution in [0.2, 0.25) is 0 Å². The highest BCUT2D eigenvalue weighted by atomic mass is 16.3. The molecular formula is C27H43N5O. The van der Waals surface area contributed by atoms with Crippen molar-refractivity contribution in [2.45, 2.75) is 91.7 Å². The van der Waals surface area contributed by atoms with Crippen molar-refractivity contribution in [3.05, 3.63) is 29.8 Å². The fraction of sp³-hybridized carbons (Fsp3) is 0.741. The van der Waals surface area contributed by atoms with E-state index in [0.717, 1.165) is 49.8 Å². The monoisotopic (exact) mass is 453 g/mol. The Hall–Kier alpha value is -1.95. The minimum Gasteiger partial charge on any atom is -0.389 e. The van der Waals surface area contributed by atoms with Crippen molar-refractivity contribution in [2.24, 2.45) is 34.7 Å². The maximum atomic E-state index is 11.9. The molecule has 2 aliphatic carbocycles. The number of hydrogen-bond donors (Lipinski definition) is 1. The summed E-state index contributed by atoms with van der Waals surface area (Å²) in [5.74, 6) is 1.04. The number of fused-ring (bicyclic) bond motifs is 2. The van der Waals surface area contributed by atoms with Crippen molar-refractivity contribution in [1.29, 1.82) is 0 Å². The molecule has 33 heavy (non-hydrogen) atoms. The number of nitrogens with zero attached hydrogens (tertiary/aromatic N) is 5. The third-order valence-electron chi connectivity index (χ3n) is 9.54. The Balaban J connectivity index is 1.51. The first-order chi connectivity index (χ1) is 15.5. The molecule has 2 saturated carbocycles. The summed E-state index contributed by atoms with van der Waals surface area (Å²) in [5.41, 5.74) is 3.64. The van der Waals surface area contributed by atoms with E-state index in [2.05, 4.69) is 60.2 Å². The lowest BCUT2D eigenvalue weighted by molar-refractivity contribution is -0.212. The fourth-order valence-corrected chi connectivity index (χ4v) is 6.87. The highest BCUT2D eigenvalue weighted by Crippen LogP contribution is 2.62. The van der Waals surface area contributed by atoms with Gasteiger partial charge < -0.3 is 14.2 Å². The van der Waals surface area contributed by atoms with E-state index in [1.54, 1.807) is 13.4 Å². The quantitative estimate of drug-likeness (QED) is 0.646. The van der Waals surface area contributed by atoms with Gasteiger partial charge in [0.2, 0.25) is 0 Å². The van der Waals surface area contributed by atoms with Crippen molar-refractivity contribution in [2.75, 3.05) is 7.05 Å². The first-order valence-corrected chi connectivity index (χ1v) is 12.7. The molecule has 0 spiro atoms. The van der Waals surface area contributed by atoms with E-state index in [9.17, 15) is 5.11 Å². The van der Waals surface area contributed by atoms with Gasteiger partial charge >= 0.3 is 0 Å². The Labute approximate surface area is 198 Å². The molecule has 2 fully saturated rings. The van der Waals surface area contributed by atoms with E-state index in [1.165, 1.54) is 18.4 Å². The van der Waals surface area contributed by atoms with E-state index in [1.807, 2.05) is 17.9 Å². The van der Waals surface area contributed by atoms with E-state index in [-0.39, 0.29) is 10.8 Å². The van der Waals surface area contributed by atoms with Gasteiger partial charge in [0.25, 0.3) is 0 Å². The first-order valence-electron chi connectivity index (χ1n) is 12.7. The van der Waals surface area contributed by atoms with Crippen molar-refractivity contribution >= 4 is 11.2 Å². The predicted molar refractivity (Wildman–Crippen MR) is 134 cm³/mol. The lowest BCUT2D eigenvalue weighted by atomic mass is 9.45. The minimum absolute atomic E-state index is 0.0126. The maximum Gasteiger partial charge on any atom is 0.178 e. The standard InChI is InChI=1S/C27H43N5O/c1-19(12-16-32-18-29-22-23(28-6)30-17-31(7)24(22)32)10-14-26(5)20(2)11-15-27(33)21(26)9-8-13-25(27,3)4/h12,17-18,20-21,33H,8-11,13-16H2,1-7H3/b19-12+,28-23?. The van der Waals surface area contributed by atoms with Crippen LogP contribution in [0.1, 0.15) is 79.6 Å². The molecule has 6 heteroatoms. The molecule has 0 aliphatic heterocycles. The molecule has 2 aromatic heterocycles. The van der Waals surface area contributed by atoms with Crippen LogP contribution in [0.4, 0.5) is 0 Å². The molecule has 2 heterocycles. The second-order valence-corrected chi connectivity index (χ2v) is 11.7. The van der Waals surface area contributed by atoms with Gasteiger partial charge in [0.1, 0.15) is 5.65 Å². The van der Waals surface area contributed by atoms with Crippen LogP contribution in [0.3, 0.4) is 0 Å². The number of hydrogen-bond acceptors (Lipinski definition) is 4. The molecular weight excluding hydrogens is 410 g/mol. The largest absolute Gasteiger partial charge is 0.389 e. The molecule has 4 rings (SSSR count). The van der Waals surface area contributed by atoms with Gasteiger partial charge in [-0.1, -0.05) is 45.8 Å². The van der Waals surface area contributed by atoms with Gasteiger partial charge in [0, 0.05) is 20.6 Å². The molecule has 1 N–H and O–H groups in total. The topological polar surface area (TPSA) is 68.2 Å². The van der Waals surface area contributed by atoms with E-state index in [4.69, 9.17) is 0 Å². The summed E-state index contributed by atoms with van der Waals surface area (Å²) in [6.45, 7) is 12.5. The molecule has 0 bridgehead atoms. The van der Waals surface area contributed by atoms with Crippen molar-refractivity contribution < 1.29 is 5.11 Å². The smallest absolute Gasteiger partial charge is 0.178 e. The van der Waals surface area contributed by atoms with Gasteiger partial charge in [0.15, 0.2) is 11.0 Å². The zero-order valence-corrected chi connectivity index (χ0v) is 21.7. The Morgan fingerprint density at radius 2 is 1.97 bits per heavy atom. The summed E-state index contributed by atoms with van der Waals surface area (Å²) < 4.78 is 4.18. The van der Waals surface area contributed by atoms with E-state index >= 15 is 0 Å². The van der Waals surface area contributed by atoms with Gasteiger partial charge in [-0.2, -0.15) is 0 Å². The second-order valence-electron chi connectivity index (χ2n) is 11.7. The molecule has 0 radical (unpaired) electrons. The van der Waals surface area contributed by atoms with Crippen LogP contribution in [-0.2, 0) is 13.6 Å². The summed E-state index contributed by atoms with van der Waals surface area (Å²) in [4.78, 5) is 13.2. The molecule has 4 atom stereocenters. The van der Waals surface area contributed by atoms with Crippen LogP contribution in [0, 0.1) is 22.7 Å². The molecule has 2 aromatic rings. The number of allylic oxidation sites excluding steroid dienone is 2. The Morgan fingerprint density at radius 3 is 2.70 bits per heavy atom. The first kappa shape index (κ1) is 24.2. The van der Waals surface area contributed by atoms with E-state index in [0.29, 0.717) is 17.3 Å². The summed E-state index contributed by atoms with van der Waals surface area (Å²) in [7, 11) is 3.76. The van der Waals surface area contributed by atoms with Crippen LogP contribution in [0.15, 0.2) is 29.3 Å². The fourth-order valence-electron chi connectivity index (χ4n) is 6.87. The Morgan fingerprint density at radius 1 is 1.21 bits per heavy atom. The number of rotatable bonds is 5. The summed E-state index contributed by atoms with van der Waals surface area (Å²) >= 11 is 0. The highest BCUT2D eigenvalue weighted by molar-refractivity contribution is 5.69. The molecule has 182 valence electrons. The number of imidazole rings is 1. The third kappa shape index (κ3) is 3.98. The van der Waals surface area contributed by atoms with Gasteiger partial charge in [-0.3, -0.25) is 4.99 Å². The Bertz CT molecular complexity index is 1110. The number of aryl methyl sites for hydroxylation is 1. The van der Waals surface area contributed by atoms with Crippen LogP contribution in [0.5, 0.6) is 0 Å². The predicted octanol–water partition coefficient (Wildman–Crippen LogP) is 5.02. The normalized spacial score (nSPS) is 32.8. The summed E-state index contributed by atoms with van der Waals surface area (Å²) in [5, 5.41) is 11.9. The van der Waals surface area contributed by atoms with Crippen molar-refractivity contribution in [1.82, 2.24) is 19.1 Å². The van der Waals surface area contributed by atoms with Crippen LogP contribution >= 0.6 is 0 Å². The highest BCUT2D eigenvalue weighted by Gasteiger charge is 2.60. The zero-order chi connectivity index (χ0) is 24.0. The van der Waals surface area contributed by atoms with Crippen LogP contribution < -0.4 is 5.49 Å². The van der Waals surface area contributed by atoms with Gasteiger partial charge in [0.05, 0.1) is 18.3 Å². The Kier molecular flexibility index (Phi) is 6.36. The third-order valence-corrected chi connectivity index (χ3v) is 9.54. The second kappa shape index (κ2) is 8.68. The molecule has 6 nitrogen and oxygen atoms in total. The zero-order valence-electron chi connectivity index (χ0n) is 21.7. The summed E-state index contributed by atoms with van der Waals surface area (Å²) in [6, 6.07) is 0. The summed E-state index contributed by atoms with van der Waals surface area (Å²) in [6.07, 6.45) is 13.9. The maximum absolute atomic E-state index is 11.9.